The SMILES string of the molecule is COc1cccc(Cc2cc(C)nc([C@@H]3CN(CC(=O)Nc4ccc(F)cc4)CCO3)c2)c1. The number of carbonyl (C=O) groups is 1. The van der Waals surface area contributed by atoms with Gasteiger partial charge in [-0.2, -0.15) is 0 Å². The van der Waals surface area contributed by atoms with Crippen molar-refractivity contribution < 1.29 is 18.7 Å². The van der Waals surface area contributed by atoms with Gasteiger partial charge in [-0.3, -0.25) is 14.7 Å². The molecule has 1 aliphatic rings. The lowest BCUT2D eigenvalue weighted by atomic mass is 10.0. The molecule has 172 valence electrons. The second kappa shape index (κ2) is 10.6. The fourth-order valence-electron chi connectivity index (χ4n) is 4.02. The van der Waals surface area contributed by atoms with Gasteiger partial charge >= 0.3 is 0 Å². The predicted molar refractivity (Wildman–Crippen MR) is 125 cm³/mol. The van der Waals surface area contributed by atoms with E-state index in [1.165, 1.54) is 12.1 Å². The van der Waals surface area contributed by atoms with Crippen LogP contribution in [0.15, 0.2) is 60.7 Å². The van der Waals surface area contributed by atoms with E-state index in [4.69, 9.17) is 14.5 Å². The number of rotatable bonds is 7. The zero-order chi connectivity index (χ0) is 23.2. The second-order valence-corrected chi connectivity index (χ2v) is 8.22. The molecule has 2 heterocycles. The largest absolute Gasteiger partial charge is 0.497 e. The van der Waals surface area contributed by atoms with E-state index in [1.807, 2.05) is 25.1 Å². The fraction of sp³-hybridized carbons (Fsp3) is 0.308. The summed E-state index contributed by atoms with van der Waals surface area (Å²) < 4.78 is 24.4. The molecule has 1 aromatic heterocycles. The molecule has 1 atom stereocenters. The average Bonchev–Trinajstić information content (AvgIpc) is 2.80. The quantitative estimate of drug-likeness (QED) is 0.587. The van der Waals surface area contributed by atoms with E-state index in [2.05, 4.69) is 28.4 Å². The number of amides is 1. The van der Waals surface area contributed by atoms with Crippen molar-refractivity contribution in [1.29, 1.82) is 0 Å². The maximum absolute atomic E-state index is 13.1. The van der Waals surface area contributed by atoms with Crippen LogP contribution in [0.4, 0.5) is 10.1 Å². The van der Waals surface area contributed by atoms with Gasteiger partial charge in [0.25, 0.3) is 0 Å². The Labute approximate surface area is 193 Å². The number of nitrogens with zero attached hydrogens (tertiary/aromatic N) is 2. The molecule has 3 aromatic rings. The van der Waals surface area contributed by atoms with Crippen LogP contribution >= 0.6 is 0 Å². The molecule has 1 saturated heterocycles. The Morgan fingerprint density at radius 3 is 2.79 bits per heavy atom. The molecule has 0 saturated carbocycles. The molecule has 0 spiro atoms. The molecule has 1 fully saturated rings. The summed E-state index contributed by atoms with van der Waals surface area (Å²) in [5.74, 6) is 0.363. The Morgan fingerprint density at radius 2 is 2.00 bits per heavy atom. The monoisotopic (exact) mass is 449 g/mol. The number of carbonyl (C=O) groups excluding carboxylic acids is 1. The van der Waals surface area contributed by atoms with Gasteiger partial charge in [0.1, 0.15) is 17.7 Å². The number of hydrogen-bond acceptors (Lipinski definition) is 5. The number of benzene rings is 2. The van der Waals surface area contributed by atoms with Crippen molar-refractivity contribution in [3.05, 3.63) is 89.0 Å². The van der Waals surface area contributed by atoms with Crippen molar-refractivity contribution in [2.75, 3.05) is 38.7 Å². The number of pyridine rings is 1. The summed E-state index contributed by atoms with van der Waals surface area (Å²) in [4.78, 5) is 19.2. The van der Waals surface area contributed by atoms with Crippen molar-refractivity contribution in [1.82, 2.24) is 9.88 Å². The first-order valence-corrected chi connectivity index (χ1v) is 11.0. The highest BCUT2D eigenvalue weighted by Crippen LogP contribution is 2.24. The van der Waals surface area contributed by atoms with Crippen LogP contribution < -0.4 is 10.1 Å². The maximum Gasteiger partial charge on any atom is 0.238 e. The van der Waals surface area contributed by atoms with Gasteiger partial charge in [0.2, 0.25) is 5.91 Å². The van der Waals surface area contributed by atoms with Crippen LogP contribution in [-0.2, 0) is 16.0 Å². The summed E-state index contributed by atoms with van der Waals surface area (Å²) in [6.45, 7) is 3.98. The highest BCUT2D eigenvalue weighted by Gasteiger charge is 2.25. The summed E-state index contributed by atoms with van der Waals surface area (Å²) in [5, 5.41) is 2.81. The Hall–Kier alpha value is -3.29. The Kier molecular flexibility index (Phi) is 7.32. The van der Waals surface area contributed by atoms with Gasteiger partial charge in [0.05, 0.1) is 26.0 Å². The lowest BCUT2D eigenvalue weighted by molar-refractivity contribution is -0.119. The van der Waals surface area contributed by atoms with Crippen LogP contribution in [0, 0.1) is 12.7 Å². The minimum absolute atomic E-state index is 0.141. The van der Waals surface area contributed by atoms with Crippen LogP contribution in [0.5, 0.6) is 5.75 Å². The molecule has 0 unspecified atom stereocenters. The van der Waals surface area contributed by atoms with Crippen molar-refractivity contribution in [3.8, 4) is 5.75 Å². The van der Waals surface area contributed by atoms with Gasteiger partial charge in [-0.1, -0.05) is 12.1 Å². The summed E-state index contributed by atoms with van der Waals surface area (Å²) >= 11 is 0. The molecule has 6 nitrogen and oxygen atoms in total. The highest BCUT2D eigenvalue weighted by molar-refractivity contribution is 5.92. The zero-order valence-electron chi connectivity index (χ0n) is 18.9. The lowest BCUT2D eigenvalue weighted by Gasteiger charge is -2.32. The normalized spacial score (nSPS) is 16.4. The number of ether oxygens (including phenoxy) is 2. The van der Waals surface area contributed by atoms with E-state index in [9.17, 15) is 9.18 Å². The Bertz CT molecular complexity index is 1100. The maximum atomic E-state index is 13.1. The summed E-state index contributed by atoms with van der Waals surface area (Å²) in [5.41, 5.74) is 4.69. The number of aryl methyl sites for hydroxylation is 1. The molecule has 1 N–H and O–H groups in total. The van der Waals surface area contributed by atoms with Crippen molar-refractivity contribution >= 4 is 11.6 Å². The van der Waals surface area contributed by atoms with Crippen molar-refractivity contribution in [2.45, 2.75) is 19.4 Å². The third-order valence-corrected chi connectivity index (χ3v) is 5.55. The lowest BCUT2D eigenvalue weighted by Crippen LogP contribution is -2.42. The molecule has 1 aliphatic heterocycles. The van der Waals surface area contributed by atoms with E-state index < -0.39 is 0 Å². The minimum atomic E-state index is -0.333. The standard InChI is InChI=1S/C26H28FN3O3/c1-18-12-20(13-19-4-3-5-23(14-19)32-2)15-24(28-18)25-16-30(10-11-33-25)17-26(31)29-22-8-6-21(27)7-9-22/h3-9,12,14-15,25H,10-11,13,16-17H2,1-2H3,(H,29,31)/t25-/m0/s1. The predicted octanol–water partition coefficient (Wildman–Crippen LogP) is 4.14. The average molecular weight is 450 g/mol. The van der Waals surface area contributed by atoms with Crippen LogP contribution in [0.3, 0.4) is 0 Å². The number of nitrogens with one attached hydrogen (secondary N) is 1. The van der Waals surface area contributed by atoms with Crippen LogP contribution in [0.2, 0.25) is 0 Å². The van der Waals surface area contributed by atoms with Crippen molar-refractivity contribution in [2.24, 2.45) is 0 Å². The third kappa shape index (κ3) is 6.37. The molecule has 0 bridgehead atoms. The summed E-state index contributed by atoms with van der Waals surface area (Å²) in [6, 6.07) is 18.0. The molecule has 1 amide bonds. The van der Waals surface area contributed by atoms with E-state index in [0.29, 0.717) is 25.4 Å². The van der Waals surface area contributed by atoms with Gasteiger partial charge in [0.15, 0.2) is 0 Å². The molecule has 0 aliphatic carbocycles. The number of anilines is 1. The molecular formula is C26H28FN3O3. The first-order chi connectivity index (χ1) is 16.0. The molecule has 4 rings (SSSR count). The van der Waals surface area contributed by atoms with Crippen molar-refractivity contribution in [3.63, 3.8) is 0 Å². The smallest absolute Gasteiger partial charge is 0.238 e. The molecular weight excluding hydrogens is 421 g/mol. The summed E-state index contributed by atoms with van der Waals surface area (Å²) in [7, 11) is 1.67. The van der Waals surface area contributed by atoms with Gasteiger partial charge in [0, 0.05) is 24.5 Å². The molecule has 2 aromatic carbocycles. The summed E-state index contributed by atoms with van der Waals surface area (Å²) in [6.07, 6.45) is 0.561. The number of hydrogen-bond donors (Lipinski definition) is 1. The van der Waals surface area contributed by atoms with Crippen LogP contribution in [0.1, 0.15) is 28.6 Å². The number of halogens is 1. The second-order valence-electron chi connectivity index (χ2n) is 8.22. The molecule has 7 heteroatoms. The highest BCUT2D eigenvalue weighted by atomic mass is 19.1. The first kappa shape index (κ1) is 22.9. The van der Waals surface area contributed by atoms with E-state index in [0.717, 1.165) is 34.7 Å². The zero-order valence-corrected chi connectivity index (χ0v) is 18.9. The third-order valence-electron chi connectivity index (χ3n) is 5.55. The van der Waals surface area contributed by atoms with E-state index >= 15 is 0 Å². The number of morpholine rings is 1. The first-order valence-electron chi connectivity index (χ1n) is 11.0. The van der Waals surface area contributed by atoms with E-state index in [1.54, 1.807) is 19.2 Å². The Morgan fingerprint density at radius 1 is 1.18 bits per heavy atom. The molecule has 33 heavy (non-hydrogen) atoms. The van der Waals surface area contributed by atoms with Gasteiger partial charge in [-0.05, 0) is 73.0 Å². The van der Waals surface area contributed by atoms with Gasteiger partial charge < -0.3 is 14.8 Å². The topological polar surface area (TPSA) is 63.7 Å². The van der Waals surface area contributed by atoms with E-state index in [-0.39, 0.29) is 24.4 Å². The fourth-order valence-corrected chi connectivity index (χ4v) is 4.02. The number of aromatic nitrogens is 1. The molecule has 0 radical (unpaired) electrons. The van der Waals surface area contributed by atoms with Crippen LogP contribution in [-0.4, -0.2) is 49.1 Å². The minimum Gasteiger partial charge on any atom is -0.497 e. The Balaban J connectivity index is 1.40. The van der Waals surface area contributed by atoms with Gasteiger partial charge in [-0.25, -0.2) is 4.39 Å². The van der Waals surface area contributed by atoms with Crippen LogP contribution in [0.25, 0.3) is 0 Å². The number of methoxy groups -OCH3 is 1. The van der Waals surface area contributed by atoms with Gasteiger partial charge in [-0.15, -0.1) is 0 Å².